The summed E-state index contributed by atoms with van der Waals surface area (Å²) in [6, 6.07) is 20.2. The van der Waals surface area contributed by atoms with Crippen LogP contribution in [0, 0.1) is 5.41 Å². The van der Waals surface area contributed by atoms with Crippen LogP contribution in [0.4, 0.5) is 0 Å². The molecule has 4 rings (SSSR count). The first-order valence-electron chi connectivity index (χ1n) is 7.85. The molecule has 0 atom stereocenters. The van der Waals surface area contributed by atoms with E-state index < -0.39 is 0 Å². The van der Waals surface area contributed by atoms with Gasteiger partial charge in [-0.15, -0.1) is 34.5 Å². The second kappa shape index (κ2) is 5.85. The number of hydrogen-bond donors (Lipinski definition) is 0. The minimum atomic E-state index is 0. The molecule has 0 aliphatic heterocycles. The van der Waals surface area contributed by atoms with E-state index >= 15 is 0 Å². The van der Waals surface area contributed by atoms with Crippen molar-refractivity contribution in [1.29, 1.82) is 0 Å². The van der Waals surface area contributed by atoms with Crippen molar-refractivity contribution in [2.75, 3.05) is 0 Å². The van der Waals surface area contributed by atoms with Gasteiger partial charge in [-0.2, -0.15) is 6.07 Å². The van der Waals surface area contributed by atoms with Crippen LogP contribution in [0.1, 0.15) is 36.1 Å². The molecular formula is C21H21Hf-. The van der Waals surface area contributed by atoms with Gasteiger partial charge in [-0.1, -0.05) is 60.9 Å². The Hall–Kier alpha value is -1.08. The van der Waals surface area contributed by atoms with Crippen LogP contribution >= 0.6 is 0 Å². The van der Waals surface area contributed by atoms with Gasteiger partial charge in [-0.05, 0) is 24.7 Å². The molecule has 22 heavy (non-hydrogen) atoms. The first-order chi connectivity index (χ1) is 10.1. The fourth-order valence-corrected chi connectivity index (χ4v) is 3.80. The zero-order valence-electron chi connectivity index (χ0n) is 13.3. The Morgan fingerprint density at radius 2 is 1.64 bits per heavy atom. The summed E-state index contributed by atoms with van der Waals surface area (Å²) in [4.78, 5) is 0. The van der Waals surface area contributed by atoms with Crippen molar-refractivity contribution in [3.63, 3.8) is 0 Å². The van der Waals surface area contributed by atoms with Gasteiger partial charge >= 0.3 is 0 Å². The Morgan fingerprint density at radius 3 is 2.36 bits per heavy atom. The summed E-state index contributed by atoms with van der Waals surface area (Å²) in [6.45, 7) is 4.76. The molecule has 1 aliphatic rings. The monoisotopic (exact) mass is 453 g/mol. The molecule has 0 N–H and O–H groups in total. The molecule has 0 nitrogen and oxygen atoms in total. The van der Waals surface area contributed by atoms with E-state index in [1.54, 1.807) is 11.1 Å². The van der Waals surface area contributed by atoms with E-state index in [-0.39, 0.29) is 25.8 Å². The maximum atomic E-state index is 2.46. The van der Waals surface area contributed by atoms with Gasteiger partial charge in [0.15, 0.2) is 0 Å². The molecular weight excluding hydrogens is 431 g/mol. The summed E-state index contributed by atoms with van der Waals surface area (Å²) in [5.41, 5.74) is 6.41. The Labute approximate surface area is 151 Å². The molecule has 110 valence electrons. The molecule has 0 aromatic heterocycles. The van der Waals surface area contributed by atoms with Crippen molar-refractivity contribution in [1.82, 2.24) is 0 Å². The van der Waals surface area contributed by atoms with Crippen molar-refractivity contribution >= 4 is 10.8 Å². The van der Waals surface area contributed by atoms with Crippen LogP contribution in [0.3, 0.4) is 0 Å². The molecule has 0 spiro atoms. The Balaban J connectivity index is 0.00000144. The zero-order valence-corrected chi connectivity index (χ0v) is 16.9. The average molecular weight is 452 g/mol. The van der Waals surface area contributed by atoms with E-state index in [1.807, 2.05) is 0 Å². The van der Waals surface area contributed by atoms with Crippen molar-refractivity contribution < 1.29 is 25.8 Å². The molecule has 0 unspecified atom stereocenters. The third-order valence-electron chi connectivity index (χ3n) is 4.76. The first kappa shape index (κ1) is 15.8. The van der Waals surface area contributed by atoms with Crippen LogP contribution in [0.25, 0.3) is 10.8 Å². The predicted molar refractivity (Wildman–Crippen MR) is 90.0 cm³/mol. The van der Waals surface area contributed by atoms with Gasteiger partial charge in [0.1, 0.15) is 0 Å². The summed E-state index contributed by atoms with van der Waals surface area (Å²) in [6.07, 6.45) is 3.47. The maximum absolute atomic E-state index is 2.46. The molecule has 0 saturated heterocycles. The molecule has 0 heterocycles. The predicted octanol–water partition coefficient (Wildman–Crippen LogP) is 5.27. The second-order valence-corrected chi connectivity index (χ2v) is 7.25. The normalized spacial score (nSPS) is 15.5. The Kier molecular flexibility index (Phi) is 4.20. The van der Waals surface area contributed by atoms with Crippen LogP contribution in [-0.4, -0.2) is 0 Å². The largest absolute Gasteiger partial charge is 0.168 e. The minimum absolute atomic E-state index is 0. The molecule has 0 bridgehead atoms. The van der Waals surface area contributed by atoms with Gasteiger partial charge in [0.2, 0.25) is 0 Å². The number of fused-ring (bicyclic) bond motifs is 2. The number of hydrogen-bond acceptors (Lipinski definition) is 0. The molecule has 3 aromatic rings. The molecule has 1 heteroatoms. The standard InChI is InChI=1S/C21H21.Hf/c1-21(2)13-18-11-17-9-8-16(20(17)12-19(18)14-21)10-15-6-4-3-5-7-15;/h3-9,11-12H,10,13-14H2,1-2H3;/q-1;. The van der Waals surface area contributed by atoms with Crippen LogP contribution in [0.5, 0.6) is 0 Å². The van der Waals surface area contributed by atoms with Crippen molar-refractivity contribution in [3.05, 3.63) is 76.9 Å². The SMILES string of the molecule is CC1(C)Cc2cc3cc[c-](Cc4ccccc4)c3cc2C1.[Hf]. The van der Waals surface area contributed by atoms with Gasteiger partial charge < -0.3 is 0 Å². The van der Waals surface area contributed by atoms with E-state index in [2.05, 4.69) is 68.4 Å². The molecule has 0 saturated carbocycles. The van der Waals surface area contributed by atoms with Gasteiger partial charge in [0.25, 0.3) is 0 Å². The van der Waals surface area contributed by atoms with Crippen LogP contribution < -0.4 is 0 Å². The first-order valence-corrected chi connectivity index (χ1v) is 7.85. The summed E-state index contributed by atoms with van der Waals surface area (Å²) in [5.74, 6) is 0. The van der Waals surface area contributed by atoms with Gasteiger partial charge in [-0.25, -0.2) is 0 Å². The fraction of sp³-hybridized carbons (Fsp3) is 0.286. The summed E-state index contributed by atoms with van der Waals surface area (Å²) in [5, 5.41) is 2.87. The van der Waals surface area contributed by atoms with Crippen LogP contribution in [0.2, 0.25) is 0 Å². The van der Waals surface area contributed by atoms with Crippen molar-refractivity contribution in [3.8, 4) is 0 Å². The topological polar surface area (TPSA) is 0 Å². The quantitative estimate of drug-likeness (QED) is 0.368. The van der Waals surface area contributed by atoms with Gasteiger partial charge in [0, 0.05) is 25.8 Å². The van der Waals surface area contributed by atoms with Crippen molar-refractivity contribution in [2.24, 2.45) is 5.41 Å². The van der Waals surface area contributed by atoms with E-state index in [0.717, 1.165) is 6.42 Å². The van der Waals surface area contributed by atoms with Gasteiger partial charge in [0.05, 0.1) is 0 Å². The summed E-state index contributed by atoms with van der Waals surface area (Å²) < 4.78 is 0. The van der Waals surface area contributed by atoms with E-state index in [9.17, 15) is 0 Å². The van der Waals surface area contributed by atoms with E-state index in [1.165, 1.54) is 34.7 Å². The Morgan fingerprint density at radius 1 is 0.955 bits per heavy atom. The van der Waals surface area contributed by atoms with Gasteiger partial charge in [-0.3, -0.25) is 0 Å². The van der Waals surface area contributed by atoms with Crippen LogP contribution in [0.15, 0.2) is 54.6 Å². The van der Waals surface area contributed by atoms with E-state index in [0.29, 0.717) is 5.41 Å². The zero-order chi connectivity index (χ0) is 14.4. The molecule has 3 aromatic carbocycles. The third kappa shape index (κ3) is 2.88. The molecule has 0 radical (unpaired) electrons. The molecule has 0 amide bonds. The second-order valence-electron chi connectivity index (χ2n) is 7.25. The summed E-state index contributed by atoms with van der Waals surface area (Å²) in [7, 11) is 0. The average Bonchev–Trinajstić information content (AvgIpc) is 2.96. The van der Waals surface area contributed by atoms with Crippen molar-refractivity contribution in [2.45, 2.75) is 33.1 Å². The number of rotatable bonds is 2. The number of benzene rings is 2. The maximum Gasteiger partial charge on any atom is 0 e. The van der Waals surface area contributed by atoms with Crippen LogP contribution in [-0.2, 0) is 45.1 Å². The molecule has 1 aliphatic carbocycles. The molecule has 0 fully saturated rings. The Bertz CT molecular complexity index is 793. The smallest absolute Gasteiger partial charge is 0 e. The third-order valence-corrected chi connectivity index (χ3v) is 4.76. The minimum Gasteiger partial charge on any atom is -0.168 e. The summed E-state index contributed by atoms with van der Waals surface area (Å²) >= 11 is 0. The fourth-order valence-electron chi connectivity index (χ4n) is 3.80. The van der Waals surface area contributed by atoms with E-state index in [4.69, 9.17) is 0 Å².